The molecule has 4 N–H and O–H groups in total. The number of aryl methyl sites for hydroxylation is 1. The Morgan fingerprint density at radius 1 is 1.50 bits per heavy atom. The van der Waals surface area contributed by atoms with Crippen LogP contribution >= 0.6 is 0 Å². The van der Waals surface area contributed by atoms with Crippen LogP contribution in [0.1, 0.15) is 28.8 Å². The molecule has 1 unspecified atom stereocenters. The van der Waals surface area contributed by atoms with E-state index in [2.05, 4.69) is 10.6 Å². The first-order valence-electron chi connectivity index (χ1n) is 5.99. The maximum absolute atomic E-state index is 11.9. The maximum Gasteiger partial charge on any atom is 0.251 e. The van der Waals surface area contributed by atoms with Crippen molar-refractivity contribution in [2.45, 2.75) is 25.8 Å². The molecule has 1 aromatic carbocycles. The van der Waals surface area contributed by atoms with Crippen LogP contribution < -0.4 is 16.4 Å². The van der Waals surface area contributed by atoms with Crippen molar-refractivity contribution in [1.29, 1.82) is 0 Å². The quantitative estimate of drug-likeness (QED) is 0.683. The molecule has 1 saturated heterocycles. The molecule has 1 atom stereocenters. The van der Waals surface area contributed by atoms with Gasteiger partial charge in [0.2, 0.25) is 5.91 Å². The first-order chi connectivity index (χ1) is 8.54. The summed E-state index contributed by atoms with van der Waals surface area (Å²) in [5.74, 6) is -0.111. The number of rotatable bonds is 3. The van der Waals surface area contributed by atoms with Crippen LogP contribution in [0, 0.1) is 6.92 Å². The summed E-state index contributed by atoms with van der Waals surface area (Å²) in [6.07, 6.45) is 1.31. The zero-order valence-electron chi connectivity index (χ0n) is 10.3. The molecule has 2 rings (SSSR count). The van der Waals surface area contributed by atoms with Crippen molar-refractivity contribution in [3.63, 3.8) is 0 Å². The molecule has 0 saturated carbocycles. The average Bonchev–Trinajstić information content (AvgIpc) is 2.70. The van der Waals surface area contributed by atoms with Crippen molar-refractivity contribution in [1.82, 2.24) is 10.6 Å². The molecular weight excluding hydrogens is 230 g/mol. The van der Waals surface area contributed by atoms with E-state index in [1.54, 1.807) is 12.1 Å². The highest BCUT2D eigenvalue weighted by Gasteiger charge is 2.21. The monoisotopic (exact) mass is 247 g/mol. The fourth-order valence-electron chi connectivity index (χ4n) is 2.09. The van der Waals surface area contributed by atoms with Gasteiger partial charge in [-0.1, -0.05) is 0 Å². The number of benzene rings is 1. The van der Waals surface area contributed by atoms with E-state index in [0.717, 1.165) is 12.0 Å². The maximum atomic E-state index is 11.9. The van der Waals surface area contributed by atoms with Gasteiger partial charge in [0.25, 0.3) is 5.91 Å². The number of amides is 2. The van der Waals surface area contributed by atoms with E-state index in [-0.39, 0.29) is 17.9 Å². The molecule has 0 bridgehead atoms. The lowest BCUT2D eigenvalue weighted by Gasteiger charge is -2.11. The smallest absolute Gasteiger partial charge is 0.251 e. The third-order valence-electron chi connectivity index (χ3n) is 2.96. The Hall–Kier alpha value is -2.04. The fourth-order valence-corrected chi connectivity index (χ4v) is 2.09. The molecule has 5 nitrogen and oxygen atoms in total. The number of nitrogens with two attached hydrogens (primary N) is 1. The normalized spacial score (nSPS) is 18.5. The largest absolute Gasteiger partial charge is 0.399 e. The standard InChI is InChI=1S/C13H17N3O2/c1-8-4-9(6-10(14)5-8)13(18)15-7-11-2-3-12(17)16-11/h4-6,11H,2-3,7,14H2,1H3,(H,15,18)(H,16,17). The predicted molar refractivity (Wildman–Crippen MR) is 69.1 cm³/mol. The Kier molecular flexibility index (Phi) is 3.50. The Morgan fingerprint density at radius 2 is 2.28 bits per heavy atom. The minimum absolute atomic E-state index is 0.0450. The lowest BCUT2D eigenvalue weighted by Crippen LogP contribution is -2.38. The van der Waals surface area contributed by atoms with Crippen LogP contribution in [-0.4, -0.2) is 24.4 Å². The summed E-state index contributed by atoms with van der Waals surface area (Å²) in [6, 6.07) is 5.30. The van der Waals surface area contributed by atoms with Gasteiger partial charge in [0, 0.05) is 30.3 Å². The molecule has 96 valence electrons. The van der Waals surface area contributed by atoms with Crippen molar-refractivity contribution in [3.05, 3.63) is 29.3 Å². The summed E-state index contributed by atoms with van der Waals surface area (Å²) in [6.45, 7) is 2.35. The van der Waals surface area contributed by atoms with Gasteiger partial charge in [0.1, 0.15) is 0 Å². The predicted octanol–water partition coefficient (Wildman–Crippen LogP) is 0.586. The minimum Gasteiger partial charge on any atom is -0.399 e. The first kappa shape index (κ1) is 12.4. The molecule has 0 spiro atoms. The molecule has 0 aromatic heterocycles. The lowest BCUT2D eigenvalue weighted by atomic mass is 10.1. The Balaban J connectivity index is 1.93. The van der Waals surface area contributed by atoms with E-state index in [0.29, 0.717) is 24.2 Å². The second kappa shape index (κ2) is 5.08. The average molecular weight is 247 g/mol. The Morgan fingerprint density at radius 3 is 2.89 bits per heavy atom. The van der Waals surface area contributed by atoms with Gasteiger partial charge in [0.05, 0.1) is 0 Å². The summed E-state index contributed by atoms with van der Waals surface area (Å²) in [5.41, 5.74) is 7.78. The molecular formula is C13H17N3O2. The first-order valence-corrected chi connectivity index (χ1v) is 5.99. The molecule has 1 aliphatic heterocycles. The molecule has 18 heavy (non-hydrogen) atoms. The van der Waals surface area contributed by atoms with Gasteiger partial charge in [-0.15, -0.1) is 0 Å². The van der Waals surface area contributed by atoms with Gasteiger partial charge in [-0.2, -0.15) is 0 Å². The SMILES string of the molecule is Cc1cc(N)cc(C(=O)NCC2CCC(=O)N2)c1. The summed E-state index contributed by atoms with van der Waals surface area (Å²) in [7, 11) is 0. The van der Waals surface area contributed by atoms with Crippen molar-refractivity contribution in [2.24, 2.45) is 0 Å². The van der Waals surface area contributed by atoms with Gasteiger partial charge in [0.15, 0.2) is 0 Å². The summed E-state index contributed by atoms with van der Waals surface area (Å²) in [4.78, 5) is 22.9. The van der Waals surface area contributed by atoms with E-state index >= 15 is 0 Å². The summed E-state index contributed by atoms with van der Waals surface area (Å²) in [5, 5.41) is 5.61. The zero-order chi connectivity index (χ0) is 13.1. The molecule has 2 amide bonds. The van der Waals surface area contributed by atoms with E-state index in [9.17, 15) is 9.59 Å². The van der Waals surface area contributed by atoms with Gasteiger partial charge >= 0.3 is 0 Å². The van der Waals surface area contributed by atoms with Crippen LogP contribution in [0.15, 0.2) is 18.2 Å². The van der Waals surface area contributed by atoms with Gasteiger partial charge in [-0.05, 0) is 37.1 Å². The molecule has 5 heteroatoms. The number of anilines is 1. The number of hydrogen-bond donors (Lipinski definition) is 3. The van der Waals surface area contributed by atoms with Crippen LogP contribution in [0.2, 0.25) is 0 Å². The molecule has 1 heterocycles. The highest BCUT2D eigenvalue weighted by molar-refractivity contribution is 5.95. The highest BCUT2D eigenvalue weighted by atomic mass is 16.2. The van der Waals surface area contributed by atoms with E-state index in [1.807, 2.05) is 13.0 Å². The molecule has 1 fully saturated rings. The van der Waals surface area contributed by atoms with Crippen molar-refractivity contribution in [3.8, 4) is 0 Å². The third kappa shape index (κ3) is 3.00. The Bertz CT molecular complexity index is 465. The second-order valence-corrected chi connectivity index (χ2v) is 4.65. The number of nitrogen functional groups attached to an aromatic ring is 1. The van der Waals surface area contributed by atoms with Crippen LogP contribution in [-0.2, 0) is 4.79 Å². The van der Waals surface area contributed by atoms with Crippen LogP contribution in [0.4, 0.5) is 5.69 Å². The number of nitrogens with one attached hydrogen (secondary N) is 2. The lowest BCUT2D eigenvalue weighted by molar-refractivity contribution is -0.119. The van der Waals surface area contributed by atoms with E-state index in [4.69, 9.17) is 5.73 Å². The van der Waals surface area contributed by atoms with E-state index < -0.39 is 0 Å². The van der Waals surface area contributed by atoms with Crippen molar-refractivity contribution < 1.29 is 9.59 Å². The molecule has 0 radical (unpaired) electrons. The van der Waals surface area contributed by atoms with Crippen LogP contribution in [0.5, 0.6) is 0 Å². The molecule has 0 aliphatic carbocycles. The highest BCUT2D eigenvalue weighted by Crippen LogP contribution is 2.11. The van der Waals surface area contributed by atoms with Crippen LogP contribution in [0.25, 0.3) is 0 Å². The molecule has 1 aliphatic rings. The summed E-state index contributed by atoms with van der Waals surface area (Å²) < 4.78 is 0. The van der Waals surface area contributed by atoms with Gasteiger partial charge in [-0.25, -0.2) is 0 Å². The number of carbonyl (C=O) groups is 2. The van der Waals surface area contributed by atoms with Crippen molar-refractivity contribution in [2.75, 3.05) is 12.3 Å². The third-order valence-corrected chi connectivity index (χ3v) is 2.96. The Labute approximate surface area is 106 Å². The number of hydrogen-bond acceptors (Lipinski definition) is 3. The van der Waals surface area contributed by atoms with E-state index in [1.165, 1.54) is 0 Å². The van der Waals surface area contributed by atoms with Crippen molar-refractivity contribution >= 4 is 17.5 Å². The second-order valence-electron chi connectivity index (χ2n) is 4.65. The molecule has 1 aromatic rings. The summed E-state index contributed by atoms with van der Waals surface area (Å²) >= 11 is 0. The van der Waals surface area contributed by atoms with Crippen LogP contribution in [0.3, 0.4) is 0 Å². The van der Waals surface area contributed by atoms with Gasteiger partial charge in [-0.3, -0.25) is 9.59 Å². The zero-order valence-corrected chi connectivity index (χ0v) is 10.3. The van der Waals surface area contributed by atoms with Gasteiger partial charge < -0.3 is 16.4 Å². The number of carbonyl (C=O) groups excluding carboxylic acids is 2. The topological polar surface area (TPSA) is 84.2 Å². The minimum atomic E-state index is -0.161. The fraction of sp³-hybridized carbons (Fsp3) is 0.385.